The van der Waals surface area contributed by atoms with Crippen LogP contribution in [0.2, 0.25) is 0 Å². The van der Waals surface area contributed by atoms with E-state index in [-0.39, 0.29) is 5.38 Å². The molecular formula is C11H10ClN3. The maximum Gasteiger partial charge on any atom is 0.135 e. The number of nitrogens with one attached hydrogen (secondary N) is 1. The summed E-state index contributed by atoms with van der Waals surface area (Å²) in [5, 5.41) is 9.05. The Morgan fingerprint density at radius 2 is 2.20 bits per heavy atom. The summed E-state index contributed by atoms with van der Waals surface area (Å²) in [5.41, 5.74) is 1.42. The van der Waals surface area contributed by atoms with Crippen molar-refractivity contribution in [1.82, 2.24) is 9.55 Å². The van der Waals surface area contributed by atoms with Crippen molar-refractivity contribution in [3.8, 4) is 0 Å². The molecule has 76 valence electrons. The molecule has 0 spiro atoms. The van der Waals surface area contributed by atoms with Gasteiger partial charge in [0.25, 0.3) is 0 Å². The standard InChI is InChI=1S/C11H10ClN3/c12-7-5-10-14-9-4-2-1-3-8(9)11(13)15(10)6-7/h1-4,7,13H,5-6H2. The van der Waals surface area contributed by atoms with Crippen LogP contribution in [0.1, 0.15) is 5.82 Å². The first kappa shape index (κ1) is 8.92. The third kappa shape index (κ3) is 1.27. The SMILES string of the molecule is N=c1c2ccccc2nc2n1CC(Cl)C2. The average molecular weight is 220 g/mol. The highest BCUT2D eigenvalue weighted by Crippen LogP contribution is 2.17. The molecule has 0 saturated carbocycles. The Morgan fingerprint density at radius 1 is 1.40 bits per heavy atom. The number of hydrogen-bond acceptors (Lipinski definition) is 2. The molecule has 0 saturated heterocycles. The zero-order valence-corrected chi connectivity index (χ0v) is 8.83. The largest absolute Gasteiger partial charge is 0.313 e. The molecule has 0 amide bonds. The van der Waals surface area contributed by atoms with E-state index in [4.69, 9.17) is 17.0 Å². The lowest BCUT2D eigenvalue weighted by Crippen LogP contribution is -2.21. The predicted molar refractivity (Wildman–Crippen MR) is 58.9 cm³/mol. The van der Waals surface area contributed by atoms with E-state index in [1.54, 1.807) is 0 Å². The van der Waals surface area contributed by atoms with Gasteiger partial charge in [0.1, 0.15) is 11.3 Å². The molecule has 0 bridgehead atoms. The third-order valence-electron chi connectivity index (χ3n) is 2.77. The van der Waals surface area contributed by atoms with Gasteiger partial charge in [-0.1, -0.05) is 12.1 Å². The Labute approximate surface area is 91.8 Å². The van der Waals surface area contributed by atoms with Crippen LogP contribution >= 0.6 is 11.6 Å². The molecule has 0 aliphatic carbocycles. The minimum atomic E-state index is 0.0819. The molecule has 15 heavy (non-hydrogen) atoms. The van der Waals surface area contributed by atoms with Gasteiger partial charge in [-0.05, 0) is 12.1 Å². The maximum absolute atomic E-state index is 8.07. The first-order valence-electron chi connectivity index (χ1n) is 4.93. The molecule has 4 heteroatoms. The molecule has 1 unspecified atom stereocenters. The molecular weight excluding hydrogens is 210 g/mol. The number of hydrogen-bond donors (Lipinski definition) is 1. The van der Waals surface area contributed by atoms with Gasteiger partial charge in [-0.3, -0.25) is 5.41 Å². The molecule has 1 aromatic heterocycles. The van der Waals surface area contributed by atoms with Crippen LogP contribution in [0.5, 0.6) is 0 Å². The topological polar surface area (TPSA) is 41.7 Å². The summed E-state index contributed by atoms with van der Waals surface area (Å²) in [6, 6.07) is 7.75. The number of alkyl halides is 1. The number of rotatable bonds is 0. The zero-order valence-electron chi connectivity index (χ0n) is 8.07. The number of halogens is 1. The highest BCUT2D eigenvalue weighted by Gasteiger charge is 2.21. The summed E-state index contributed by atoms with van der Waals surface area (Å²) in [6.45, 7) is 0.702. The molecule has 1 N–H and O–H groups in total. The fourth-order valence-corrected chi connectivity index (χ4v) is 2.33. The van der Waals surface area contributed by atoms with E-state index < -0.39 is 0 Å². The van der Waals surface area contributed by atoms with Crippen molar-refractivity contribution < 1.29 is 0 Å². The van der Waals surface area contributed by atoms with Crippen molar-refractivity contribution in [2.45, 2.75) is 18.3 Å². The second-order valence-corrected chi connectivity index (χ2v) is 4.42. The zero-order chi connectivity index (χ0) is 10.4. The van der Waals surface area contributed by atoms with Gasteiger partial charge in [0.05, 0.1) is 10.9 Å². The fraction of sp³-hybridized carbons (Fsp3) is 0.273. The van der Waals surface area contributed by atoms with E-state index in [1.165, 1.54) is 0 Å². The summed E-state index contributed by atoms with van der Waals surface area (Å²) < 4.78 is 1.90. The van der Waals surface area contributed by atoms with Crippen LogP contribution in [0.4, 0.5) is 0 Å². The van der Waals surface area contributed by atoms with Gasteiger partial charge >= 0.3 is 0 Å². The van der Waals surface area contributed by atoms with E-state index in [2.05, 4.69) is 4.98 Å². The van der Waals surface area contributed by atoms with Crippen molar-refractivity contribution in [2.75, 3.05) is 0 Å². The van der Waals surface area contributed by atoms with Crippen LogP contribution < -0.4 is 5.49 Å². The summed E-state index contributed by atoms with van der Waals surface area (Å²) in [5.74, 6) is 0.929. The summed E-state index contributed by atoms with van der Waals surface area (Å²) in [4.78, 5) is 4.53. The second-order valence-electron chi connectivity index (χ2n) is 3.81. The van der Waals surface area contributed by atoms with Crippen LogP contribution in [0, 0.1) is 5.41 Å². The first-order chi connectivity index (χ1) is 7.25. The molecule has 1 atom stereocenters. The molecule has 1 aliphatic heterocycles. The number of benzene rings is 1. The molecule has 3 rings (SSSR count). The molecule has 1 aliphatic rings. The molecule has 0 radical (unpaired) electrons. The monoisotopic (exact) mass is 219 g/mol. The van der Waals surface area contributed by atoms with Crippen molar-refractivity contribution in [3.63, 3.8) is 0 Å². The average Bonchev–Trinajstić information content (AvgIpc) is 2.59. The van der Waals surface area contributed by atoms with Gasteiger partial charge in [-0.25, -0.2) is 4.98 Å². The molecule has 0 fully saturated rings. The van der Waals surface area contributed by atoms with Gasteiger partial charge in [0.15, 0.2) is 0 Å². The van der Waals surface area contributed by atoms with Gasteiger partial charge in [0, 0.05) is 18.4 Å². The maximum atomic E-state index is 8.07. The third-order valence-corrected chi connectivity index (χ3v) is 3.07. The first-order valence-corrected chi connectivity index (χ1v) is 5.36. The van der Waals surface area contributed by atoms with E-state index in [0.717, 1.165) is 23.1 Å². The number of para-hydroxylation sites is 1. The Hall–Kier alpha value is -1.35. The Kier molecular flexibility index (Phi) is 1.83. The quantitative estimate of drug-likeness (QED) is 0.673. The minimum Gasteiger partial charge on any atom is -0.313 e. The lowest BCUT2D eigenvalue weighted by Gasteiger charge is -2.05. The van der Waals surface area contributed by atoms with Gasteiger partial charge in [0.2, 0.25) is 0 Å². The van der Waals surface area contributed by atoms with E-state index in [0.29, 0.717) is 12.0 Å². The van der Waals surface area contributed by atoms with E-state index in [9.17, 15) is 0 Å². The van der Waals surface area contributed by atoms with Gasteiger partial charge < -0.3 is 4.57 Å². The predicted octanol–water partition coefficient (Wildman–Crippen LogP) is 1.68. The lowest BCUT2D eigenvalue weighted by atomic mass is 10.2. The lowest BCUT2D eigenvalue weighted by molar-refractivity contribution is 0.703. The van der Waals surface area contributed by atoms with Crippen molar-refractivity contribution in [2.24, 2.45) is 0 Å². The second kappa shape index (κ2) is 3.07. The Morgan fingerprint density at radius 3 is 3.07 bits per heavy atom. The van der Waals surface area contributed by atoms with E-state index in [1.807, 2.05) is 28.8 Å². The van der Waals surface area contributed by atoms with Crippen molar-refractivity contribution >= 4 is 22.5 Å². The van der Waals surface area contributed by atoms with E-state index >= 15 is 0 Å². The molecule has 1 aromatic carbocycles. The fourth-order valence-electron chi connectivity index (χ4n) is 2.06. The van der Waals surface area contributed by atoms with Gasteiger partial charge in [-0.2, -0.15) is 0 Å². The minimum absolute atomic E-state index is 0.0819. The van der Waals surface area contributed by atoms with Crippen LogP contribution in [-0.4, -0.2) is 14.9 Å². The number of nitrogens with zero attached hydrogens (tertiary/aromatic N) is 2. The molecule has 2 heterocycles. The summed E-state index contributed by atoms with van der Waals surface area (Å²) in [7, 11) is 0. The number of fused-ring (bicyclic) bond motifs is 2. The Balaban J connectivity index is 2.40. The van der Waals surface area contributed by atoms with Crippen LogP contribution in [0.3, 0.4) is 0 Å². The molecule has 2 aromatic rings. The normalized spacial score (nSPS) is 19.4. The highest BCUT2D eigenvalue weighted by molar-refractivity contribution is 6.20. The van der Waals surface area contributed by atoms with Crippen molar-refractivity contribution in [1.29, 1.82) is 5.41 Å². The Bertz CT molecular complexity index is 588. The van der Waals surface area contributed by atoms with Crippen LogP contribution in [0.25, 0.3) is 10.9 Å². The summed E-state index contributed by atoms with van der Waals surface area (Å²) in [6.07, 6.45) is 0.762. The van der Waals surface area contributed by atoms with Crippen molar-refractivity contribution in [3.05, 3.63) is 35.6 Å². The smallest absolute Gasteiger partial charge is 0.135 e. The summed E-state index contributed by atoms with van der Waals surface area (Å²) >= 11 is 6.08. The van der Waals surface area contributed by atoms with Crippen LogP contribution in [-0.2, 0) is 13.0 Å². The number of aromatic nitrogens is 2. The highest BCUT2D eigenvalue weighted by atomic mass is 35.5. The molecule has 3 nitrogen and oxygen atoms in total. The van der Waals surface area contributed by atoms with Crippen LogP contribution in [0.15, 0.2) is 24.3 Å². The van der Waals surface area contributed by atoms with Gasteiger partial charge in [-0.15, -0.1) is 11.6 Å².